The molecule has 23 heavy (non-hydrogen) atoms. The number of nitrogens with zero attached hydrogens (tertiary/aromatic N) is 1. The molecule has 1 heterocycles. The fourth-order valence-electron chi connectivity index (χ4n) is 3.02. The highest BCUT2D eigenvalue weighted by Gasteiger charge is 2.16. The zero-order chi connectivity index (χ0) is 16.6. The largest absolute Gasteiger partial charge is 0.343 e. The summed E-state index contributed by atoms with van der Waals surface area (Å²) in [4.78, 5) is 13.9. The molecular weight excluding hydrogens is 282 g/mol. The second-order valence-corrected chi connectivity index (χ2v) is 6.72. The molecule has 0 spiro atoms. The fraction of sp³-hybridized carbons (Fsp3) is 0.762. The molecule has 0 atom stereocenters. The third-order valence-corrected chi connectivity index (χ3v) is 4.55. The lowest BCUT2D eigenvalue weighted by molar-refractivity contribution is -0.130. The fourth-order valence-corrected chi connectivity index (χ4v) is 3.02. The molecule has 0 radical (unpaired) electrons. The van der Waals surface area contributed by atoms with Gasteiger partial charge in [-0.15, -0.1) is 0 Å². The van der Waals surface area contributed by atoms with Gasteiger partial charge < -0.3 is 4.90 Å². The number of allylic oxidation sites excluding steroid dienone is 4. The van der Waals surface area contributed by atoms with Crippen LogP contribution in [0.5, 0.6) is 0 Å². The first kappa shape index (κ1) is 20.0. The van der Waals surface area contributed by atoms with Crippen LogP contribution in [0.1, 0.15) is 90.4 Å². The maximum Gasteiger partial charge on any atom is 0.222 e. The van der Waals surface area contributed by atoms with E-state index in [1.165, 1.54) is 64.2 Å². The van der Waals surface area contributed by atoms with E-state index >= 15 is 0 Å². The van der Waals surface area contributed by atoms with Gasteiger partial charge in [0.15, 0.2) is 0 Å². The Morgan fingerprint density at radius 2 is 1.43 bits per heavy atom. The second-order valence-electron chi connectivity index (χ2n) is 6.72. The van der Waals surface area contributed by atoms with Gasteiger partial charge in [0.2, 0.25) is 5.91 Å². The van der Waals surface area contributed by atoms with Crippen molar-refractivity contribution in [2.24, 2.45) is 0 Å². The van der Waals surface area contributed by atoms with Gasteiger partial charge in [-0.2, -0.15) is 0 Å². The summed E-state index contributed by atoms with van der Waals surface area (Å²) in [5.41, 5.74) is 0. The Balaban J connectivity index is 1.82. The van der Waals surface area contributed by atoms with E-state index in [0.717, 1.165) is 32.4 Å². The van der Waals surface area contributed by atoms with Crippen molar-refractivity contribution in [1.29, 1.82) is 0 Å². The SMILES string of the molecule is CCCC/C=C\C/C=C\CCCCCCCC(=O)N1CCCC1. The summed E-state index contributed by atoms with van der Waals surface area (Å²) in [6, 6.07) is 0. The number of likely N-dealkylation sites (tertiary alicyclic amines) is 1. The van der Waals surface area contributed by atoms with Crippen LogP contribution in [0, 0.1) is 0 Å². The van der Waals surface area contributed by atoms with E-state index in [4.69, 9.17) is 0 Å². The third kappa shape index (κ3) is 11.2. The predicted molar refractivity (Wildman–Crippen MR) is 101 cm³/mol. The van der Waals surface area contributed by atoms with Crippen molar-refractivity contribution in [3.05, 3.63) is 24.3 Å². The van der Waals surface area contributed by atoms with Gasteiger partial charge in [-0.05, 0) is 44.9 Å². The Hall–Kier alpha value is -1.05. The maximum absolute atomic E-state index is 11.9. The third-order valence-electron chi connectivity index (χ3n) is 4.55. The van der Waals surface area contributed by atoms with Gasteiger partial charge in [-0.25, -0.2) is 0 Å². The van der Waals surface area contributed by atoms with Crippen molar-refractivity contribution in [2.45, 2.75) is 90.4 Å². The molecule has 1 fully saturated rings. The van der Waals surface area contributed by atoms with E-state index in [2.05, 4.69) is 31.2 Å². The van der Waals surface area contributed by atoms with Gasteiger partial charge in [-0.1, -0.05) is 63.3 Å². The normalized spacial score (nSPS) is 15.3. The van der Waals surface area contributed by atoms with Crippen LogP contribution < -0.4 is 0 Å². The van der Waals surface area contributed by atoms with Crippen LogP contribution in [-0.2, 0) is 4.79 Å². The Morgan fingerprint density at radius 1 is 0.826 bits per heavy atom. The van der Waals surface area contributed by atoms with E-state index in [9.17, 15) is 4.79 Å². The molecule has 0 saturated carbocycles. The Bertz CT molecular complexity index is 340. The van der Waals surface area contributed by atoms with Crippen molar-refractivity contribution in [3.63, 3.8) is 0 Å². The molecule has 0 N–H and O–H groups in total. The number of carbonyl (C=O) groups excluding carboxylic acids is 1. The van der Waals surface area contributed by atoms with Crippen LogP contribution in [-0.4, -0.2) is 23.9 Å². The minimum absolute atomic E-state index is 0.387. The first-order chi connectivity index (χ1) is 11.3. The van der Waals surface area contributed by atoms with Crippen LogP contribution in [0.4, 0.5) is 0 Å². The molecule has 2 nitrogen and oxygen atoms in total. The lowest BCUT2D eigenvalue weighted by Crippen LogP contribution is -2.27. The molecular formula is C21H37NO. The minimum Gasteiger partial charge on any atom is -0.343 e. The Kier molecular flexibility index (Phi) is 12.6. The Morgan fingerprint density at radius 3 is 2.13 bits per heavy atom. The molecule has 132 valence electrons. The van der Waals surface area contributed by atoms with Crippen LogP contribution in [0.3, 0.4) is 0 Å². The number of hydrogen-bond acceptors (Lipinski definition) is 1. The summed E-state index contributed by atoms with van der Waals surface area (Å²) >= 11 is 0. The number of rotatable bonds is 13. The van der Waals surface area contributed by atoms with Crippen molar-refractivity contribution < 1.29 is 4.79 Å². The van der Waals surface area contributed by atoms with E-state index in [0.29, 0.717) is 5.91 Å². The van der Waals surface area contributed by atoms with Gasteiger partial charge in [0, 0.05) is 19.5 Å². The van der Waals surface area contributed by atoms with Gasteiger partial charge in [-0.3, -0.25) is 4.79 Å². The average Bonchev–Trinajstić information content (AvgIpc) is 3.09. The molecule has 1 amide bonds. The highest BCUT2D eigenvalue weighted by atomic mass is 16.2. The molecule has 1 rings (SSSR count). The summed E-state index contributed by atoms with van der Waals surface area (Å²) < 4.78 is 0. The summed E-state index contributed by atoms with van der Waals surface area (Å²) in [6.45, 7) is 4.23. The van der Waals surface area contributed by atoms with Crippen molar-refractivity contribution in [3.8, 4) is 0 Å². The van der Waals surface area contributed by atoms with Crippen LogP contribution in [0.2, 0.25) is 0 Å². The van der Waals surface area contributed by atoms with Gasteiger partial charge in [0.25, 0.3) is 0 Å². The second kappa shape index (κ2) is 14.5. The quantitative estimate of drug-likeness (QED) is 0.300. The van der Waals surface area contributed by atoms with Crippen molar-refractivity contribution in [1.82, 2.24) is 4.90 Å². The van der Waals surface area contributed by atoms with Crippen LogP contribution >= 0.6 is 0 Å². The van der Waals surface area contributed by atoms with Crippen LogP contribution in [0.25, 0.3) is 0 Å². The molecule has 1 aliphatic heterocycles. The van der Waals surface area contributed by atoms with Gasteiger partial charge in [0.1, 0.15) is 0 Å². The predicted octanol–water partition coefficient (Wildman–Crippen LogP) is 6.03. The number of unbranched alkanes of at least 4 members (excludes halogenated alkanes) is 7. The molecule has 1 aliphatic rings. The molecule has 1 saturated heterocycles. The van der Waals surface area contributed by atoms with E-state index in [1.807, 2.05) is 4.90 Å². The van der Waals surface area contributed by atoms with Crippen molar-refractivity contribution >= 4 is 5.91 Å². The maximum atomic E-state index is 11.9. The first-order valence-corrected chi connectivity index (χ1v) is 9.92. The minimum atomic E-state index is 0.387. The zero-order valence-electron chi connectivity index (χ0n) is 15.3. The molecule has 0 aliphatic carbocycles. The van der Waals surface area contributed by atoms with Crippen molar-refractivity contribution in [2.75, 3.05) is 13.1 Å². The lowest BCUT2D eigenvalue weighted by atomic mass is 10.1. The smallest absolute Gasteiger partial charge is 0.222 e. The van der Waals surface area contributed by atoms with E-state index in [-0.39, 0.29) is 0 Å². The monoisotopic (exact) mass is 319 g/mol. The topological polar surface area (TPSA) is 20.3 Å². The average molecular weight is 320 g/mol. The summed E-state index contributed by atoms with van der Waals surface area (Å²) in [7, 11) is 0. The zero-order valence-corrected chi connectivity index (χ0v) is 15.3. The molecule has 2 heteroatoms. The van der Waals surface area contributed by atoms with E-state index in [1.54, 1.807) is 0 Å². The molecule has 0 bridgehead atoms. The molecule has 0 unspecified atom stereocenters. The summed E-state index contributed by atoms with van der Waals surface area (Å²) in [6.07, 6.45) is 24.6. The highest BCUT2D eigenvalue weighted by molar-refractivity contribution is 5.76. The highest BCUT2D eigenvalue weighted by Crippen LogP contribution is 2.12. The molecule has 0 aromatic rings. The van der Waals surface area contributed by atoms with Gasteiger partial charge in [0.05, 0.1) is 0 Å². The number of amides is 1. The lowest BCUT2D eigenvalue weighted by Gasteiger charge is -2.14. The standard InChI is InChI=1S/C21H37NO/c1-2-3-4-5-6-7-8-9-10-11-12-13-14-15-18-21(23)22-19-16-17-20-22/h5-6,8-9H,2-4,7,10-20H2,1H3/b6-5-,9-8-. The Labute approximate surface area is 144 Å². The summed E-state index contributed by atoms with van der Waals surface area (Å²) in [5.74, 6) is 0.387. The number of hydrogen-bond donors (Lipinski definition) is 0. The first-order valence-electron chi connectivity index (χ1n) is 9.92. The van der Waals surface area contributed by atoms with Crippen LogP contribution in [0.15, 0.2) is 24.3 Å². The summed E-state index contributed by atoms with van der Waals surface area (Å²) in [5, 5.41) is 0. The van der Waals surface area contributed by atoms with E-state index < -0.39 is 0 Å². The van der Waals surface area contributed by atoms with Gasteiger partial charge >= 0.3 is 0 Å². The number of carbonyl (C=O) groups is 1. The molecule has 0 aromatic heterocycles. The molecule has 0 aromatic carbocycles.